The predicted molar refractivity (Wildman–Crippen MR) is 82.6 cm³/mol. The first-order chi connectivity index (χ1) is 10.2. The summed E-state index contributed by atoms with van der Waals surface area (Å²) in [5.74, 6) is 0.144. The minimum Gasteiger partial charge on any atom is -0.338 e. The van der Waals surface area contributed by atoms with Crippen LogP contribution in [0.2, 0.25) is 0 Å². The highest BCUT2D eigenvalue weighted by molar-refractivity contribution is 7.12. The summed E-state index contributed by atoms with van der Waals surface area (Å²) in [4.78, 5) is 29.8. The van der Waals surface area contributed by atoms with Crippen LogP contribution in [0.3, 0.4) is 0 Å². The second-order valence-electron chi connectivity index (χ2n) is 5.66. The molecule has 0 aliphatic carbocycles. The van der Waals surface area contributed by atoms with Crippen molar-refractivity contribution in [1.29, 1.82) is 0 Å². The molecule has 3 rings (SSSR count). The van der Waals surface area contributed by atoms with Crippen molar-refractivity contribution in [2.45, 2.75) is 25.8 Å². The second kappa shape index (κ2) is 6.15. The summed E-state index contributed by atoms with van der Waals surface area (Å²) in [7, 11) is 0. The Morgan fingerprint density at radius 1 is 1.29 bits per heavy atom. The lowest BCUT2D eigenvalue weighted by Gasteiger charge is -2.32. The van der Waals surface area contributed by atoms with E-state index in [2.05, 4.69) is 5.32 Å². The van der Waals surface area contributed by atoms with E-state index in [4.69, 9.17) is 0 Å². The van der Waals surface area contributed by atoms with Crippen LogP contribution in [0.25, 0.3) is 0 Å². The van der Waals surface area contributed by atoms with Crippen LogP contribution in [-0.4, -0.2) is 60.4 Å². The number of nitrogens with zero attached hydrogens (tertiary/aromatic N) is 2. The minimum absolute atomic E-state index is 0.0217. The zero-order chi connectivity index (χ0) is 14.8. The molecule has 114 valence electrons. The molecular weight excluding hydrogens is 286 g/mol. The zero-order valence-corrected chi connectivity index (χ0v) is 13.1. The highest BCUT2D eigenvalue weighted by Gasteiger charge is 2.37. The average molecular weight is 307 g/mol. The van der Waals surface area contributed by atoms with Crippen LogP contribution in [0.1, 0.15) is 28.1 Å². The summed E-state index contributed by atoms with van der Waals surface area (Å²) in [6, 6.07) is 1.69. The third-order valence-corrected chi connectivity index (χ3v) is 5.29. The molecule has 2 fully saturated rings. The second-order valence-corrected chi connectivity index (χ2v) is 6.58. The molecule has 6 heteroatoms. The lowest BCUT2D eigenvalue weighted by molar-refractivity contribution is -0.135. The molecule has 2 aliphatic rings. The van der Waals surface area contributed by atoms with Crippen LogP contribution in [0.15, 0.2) is 11.4 Å². The zero-order valence-electron chi connectivity index (χ0n) is 12.3. The number of hydrogen-bond acceptors (Lipinski definition) is 4. The maximum atomic E-state index is 12.7. The van der Waals surface area contributed by atoms with Gasteiger partial charge < -0.3 is 15.1 Å². The highest BCUT2D eigenvalue weighted by atomic mass is 32.1. The van der Waals surface area contributed by atoms with Crippen molar-refractivity contribution in [1.82, 2.24) is 15.1 Å². The molecule has 21 heavy (non-hydrogen) atoms. The van der Waals surface area contributed by atoms with Gasteiger partial charge in [-0.25, -0.2) is 0 Å². The Kier molecular flexibility index (Phi) is 4.26. The Labute approximate surface area is 128 Å². The molecule has 1 N–H and O–H groups in total. The molecule has 0 aromatic carbocycles. The number of nitrogens with one attached hydrogen (secondary N) is 1. The number of likely N-dealkylation sites (tertiary alicyclic amines) is 1. The number of hydrogen-bond donors (Lipinski definition) is 1. The Balaban J connectivity index is 1.74. The number of piperazine rings is 1. The van der Waals surface area contributed by atoms with E-state index in [-0.39, 0.29) is 17.9 Å². The Morgan fingerprint density at radius 2 is 2.05 bits per heavy atom. The fourth-order valence-corrected chi connectivity index (χ4v) is 3.97. The van der Waals surface area contributed by atoms with Gasteiger partial charge in [0.25, 0.3) is 5.91 Å². The lowest BCUT2D eigenvalue weighted by Crippen LogP contribution is -2.53. The molecule has 1 unspecified atom stereocenters. The Morgan fingerprint density at radius 3 is 2.71 bits per heavy atom. The summed E-state index contributed by atoms with van der Waals surface area (Å²) < 4.78 is 0. The van der Waals surface area contributed by atoms with Gasteiger partial charge in [0.2, 0.25) is 5.91 Å². The van der Waals surface area contributed by atoms with Crippen LogP contribution in [0.5, 0.6) is 0 Å². The SMILES string of the molecule is Cc1ccsc1C(=O)N1CCCC1C(=O)N1CCNCC1. The van der Waals surface area contributed by atoms with Gasteiger partial charge in [0.15, 0.2) is 0 Å². The van der Waals surface area contributed by atoms with Gasteiger partial charge in [0.05, 0.1) is 4.88 Å². The van der Waals surface area contributed by atoms with Crippen molar-refractivity contribution < 1.29 is 9.59 Å². The summed E-state index contributed by atoms with van der Waals surface area (Å²) in [6.45, 7) is 5.82. The smallest absolute Gasteiger partial charge is 0.264 e. The number of thiophene rings is 1. The van der Waals surface area contributed by atoms with Crippen molar-refractivity contribution in [3.8, 4) is 0 Å². The molecule has 1 aromatic heterocycles. The molecule has 3 heterocycles. The van der Waals surface area contributed by atoms with Gasteiger partial charge in [0, 0.05) is 32.7 Å². The quantitative estimate of drug-likeness (QED) is 0.890. The van der Waals surface area contributed by atoms with Crippen LogP contribution in [0, 0.1) is 6.92 Å². The number of amides is 2. The van der Waals surface area contributed by atoms with Gasteiger partial charge in [0.1, 0.15) is 6.04 Å². The Hall–Kier alpha value is -1.40. The van der Waals surface area contributed by atoms with Gasteiger partial charge >= 0.3 is 0 Å². The van der Waals surface area contributed by atoms with Crippen molar-refractivity contribution in [3.05, 3.63) is 21.9 Å². The van der Waals surface area contributed by atoms with Gasteiger partial charge in [-0.15, -0.1) is 11.3 Å². The molecule has 1 atom stereocenters. The number of carbonyl (C=O) groups excluding carboxylic acids is 2. The van der Waals surface area contributed by atoms with E-state index in [0.717, 1.165) is 49.5 Å². The van der Waals surface area contributed by atoms with E-state index in [9.17, 15) is 9.59 Å². The maximum absolute atomic E-state index is 12.7. The molecule has 0 saturated carbocycles. The molecule has 5 nitrogen and oxygen atoms in total. The maximum Gasteiger partial charge on any atom is 0.264 e. The normalized spacial score (nSPS) is 22.6. The van der Waals surface area contributed by atoms with E-state index in [1.807, 2.05) is 23.3 Å². The van der Waals surface area contributed by atoms with E-state index in [1.54, 1.807) is 4.90 Å². The monoisotopic (exact) mass is 307 g/mol. The van der Waals surface area contributed by atoms with Crippen LogP contribution >= 0.6 is 11.3 Å². The number of rotatable bonds is 2. The molecule has 1 aromatic rings. The number of carbonyl (C=O) groups is 2. The summed E-state index contributed by atoms with van der Waals surface area (Å²) in [5.41, 5.74) is 1.00. The topological polar surface area (TPSA) is 52.7 Å². The van der Waals surface area contributed by atoms with E-state index in [0.29, 0.717) is 6.54 Å². The minimum atomic E-state index is -0.267. The third kappa shape index (κ3) is 2.82. The number of aryl methyl sites for hydroxylation is 1. The van der Waals surface area contributed by atoms with Crippen molar-refractivity contribution in [2.24, 2.45) is 0 Å². The van der Waals surface area contributed by atoms with Crippen molar-refractivity contribution in [3.63, 3.8) is 0 Å². The highest BCUT2D eigenvalue weighted by Crippen LogP contribution is 2.25. The molecule has 0 spiro atoms. The van der Waals surface area contributed by atoms with Gasteiger partial charge in [-0.1, -0.05) is 0 Å². The van der Waals surface area contributed by atoms with E-state index in [1.165, 1.54) is 11.3 Å². The fraction of sp³-hybridized carbons (Fsp3) is 0.600. The standard InChI is InChI=1S/C15H21N3O2S/c1-11-4-10-21-13(11)15(20)18-7-2-3-12(18)14(19)17-8-5-16-6-9-17/h4,10,12,16H,2-3,5-9H2,1H3. The molecular formula is C15H21N3O2S. The van der Waals surface area contributed by atoms with Gasteiger partial charge in [-0.05, 0) is 36.8 Å². The first kappa shape index (κ1) is 14.5. The molecule has 2 amide bonds. The van der Waals surface area contributed by atoms with Gasteiger partial charge in [-0.3, -0.25) is 9.59 Å². The summed E-state index contributed by atoms with van der Waals surface area (Å²) in [5, 5.41) is 5.19. The lowest BCUT2D eigenvalue weighted by atomic mass is 10.1. The average Bonchev–Trinajstić information content (AvgIpc) is 3.15. The third-order valence-electron chi connectivity index (χ3n) is 4.28. The summed E-state index contributed by atoms with van der Waals surface area (Å²) in [6.07, 6.45) is 1.71. The van der Waals surface area contributed by atoms with Crippen molar-refractivity contribution in [2.75, 3.05) is 32.7 Å². The Bertz CT molecular complexity index is 537. The molecule has 0 bridgehead atoms. The van der Waals surface area contributed by atoms with Crippen LogP contribution in [-0.2, 0) is 4.79 Å². The van der Waals surface area contributed by atoms with E-state index >= 15 is 0 Å². The van der Waals surface area contributed by atoms with Crippen molar-refractivity contribution >= 4 is 23.2 Å². The first-order valence-electron chi connectivity index (χ1n) is 7.53. The molecule has 2 aliphatic heterocycles. The first-order valence-corrected chi connectivity index (χ1v) is 8.41. The largest absolute Gasteiger partial charge is 0.338 e. The predicted octanol–water partition coefficient (Wildman–Crippen LogP) is 1.09. The van der Waals surface area contributed by atoms with Crippen LogP contribution in [0.4, 0.5) is 0 Å². The van der Waals surface area contributed by atoms with E-state index < -0.39 is 0 Å². The van der Waals surface area contributed by atoms with Crippen LogP contribution < -0.4 is 5.32 Å². The molecule has 2 saturated heterocycles. The fourth-order valence-electron chi connectivity index (χ4n) is 3.08. The molecule has 0 radical (unpaired) electrons. The summed E-state index contributed by atoms with van der Waals surface area (Å²) >= 11 is 1.47. The van der Waals surface area contributed by atoms with Gasteiger partial charge in [-0.2, -0.15) is 0 Å².